The van der Waals surface area contributed by atoms with Crippen molar-refractivity contribution >= 4 is 22.1 Å². The lowest BCUT2D eigenvalue weighted by atomic mass is 10.0. The number of hydrogen-bond donors (Lipinski definition) is 3. The Morgan fingerprint density at radius 3 is 2.71 bits per heavy atom. The molecule has 2 rings (SSSR count). The predicted molar refractivity (Wildman–Crippen MR) is 88.6 cm³/mol. The molecule has 1 atom stereocenters. The van der Waals surface area contributed by atoms with Crippen LogP contribution in [0.4, 0.5) is 11.4 Å². The first-order chi connectivity index (χ1) is 9.78. The molecule has 5 heteroatoms. The number of aliphatic hydroxyl groups is 1. The van der Waals surface area contributed by atoms with Gasteiger partial charge in [-0.2, -0.15) is 0 Å². The third-order valence-electron chi connectivity index (χ3n) is 3.39. The molecule has 0 aliphatic rings. The normalized spacial score (nSPS) is 14.4. The first-order valence-electron chi connectivity index (χ1n) is 7.04. The molecule has 1 aromatic carbocycles. The van der Waals surface area contributed by atoms with Crippen molar-refractivity contribution in [1.29, 1.82) is 0 Å². The van der Waals surface area contributed by atoms with Crippen molar-refractivity contribution in [3.8, 4) is 0 Å². The highest BCUT2D eigenvalue weighted by Gasteiger charge is 2.21. The summed E-state index contributed by atoms with van der Waals surface area (Å²) >= 11 is 0. The van der Waals surface area contributed by atoms with Crippen LogP contribution in [0.2, 0.25) is 0 Å². The summed E-state index contributed by atoms with van der Waals surface area (Å²) in [5.74, 6) is 0. The van der Waals surface area contributed by atoms with Crippen LogP contribution in [0, 0.1) is 6.92 Å². The van der Waals surface area contributed by atoms with Crippen molar-refractivity contribution in [2.24, 2.45) is 0 Å². The van der Waals surface area contributed by atoms with Crippen molar-refractivity contribution in [3.05, 3.63) is 30.1 Å². The summed E-state index contributed by atoms with van der Waals surface area (Å²) < 4.78 is 0. The average Bonchev–Trinajstić information content (AvgIpc) is 2.36. The number of pyridine rings is 1. The van der Waals surface area contributed by atoms with Crippen molar-refractivity contribution < 1.29 is 5.11 Å². The number of nitrogen functional groups attached to an aromatic ring is 1. The second-order valence-corrected chi connectivity index (χ2v) is 6.16. The van der Waals surface area contributed by atoms with Gasteiger partial charge in [0.05, 0.1) is 5.60 Å². The largest absolute Gasteiger partial charge is 0.398 e. The Bertz CT molecular complexity index is 637. The third-order valence-corrected chi connectivity index (χ3v) is 3.39. The molecule has 0 spiro atoms. The molecule has 0 aliphatic carbocycles. The van der Waals surface area contributed by atoms with E-state index < -0.39 is 5.60 Å². The van der Waals surface area contributed by atoms with E-state index in [1.807, 2.05) is 51.0 Å². The van der Waals surface area contributed by atoms with Gasteiger partial charge in [-0.15, -0.1) is 0 Å². The molecule has 21 heavy (non-hydrogen) atoms. The molecule has 1 unspecified atom stereocenters. The number of fused-ring (bicyclic) bond motifs is 1. The fourth-order valence-corrected chi connectivity index (χ4v) is 2.54. The zero-order valence-corrected chi connectivity index (χ0v) is 13.1. The maximum atomic E-state index is 10.4. The van der Waals surface area contributed by atoms with Gasteiger partial charge >= 0.3 is 0 Å². The number of aryl methyl sites for hydroxylation is 1. The summed E-state index contributed by atoms with van der Waals surface area (Å²) in [5, 5.41) is 15.7. The van der Waals surface area contributed by atoms with Crippen molar-refractivity contribution in [3.63, 3.8) is 0 Å². The summed E-state index contributed by atoms with van der Waals surface area (Å²) in [6, 6.07) is 5.82. The molecule has 0 aliphatic heterocycles. The quantitative estimate of drug-likeness (QED) is 0.732. The number of nitrogens with two attached hydrogens (primary N) is 1. The number of nitrogens with zero attached hydrogens (tertiary/aromatic N) is 2. The van der Waals surface area contributed by atoms with E-state index in [-0.39, 0.29) is 0 Å². The minimum absolute atomic E-state index is 0.464. The molecule has 0 bridgehead atoms. The first-order valence-corrected chi connectivity index (χ1v) is 7.04. The van der Waals surface area contributed by atoms with Crippen LogP contribution in [0.3, 0.4) is 0 Å². The number of anilines is 2. The molecule has 0 saturated carbocycles. The average molecular weight is 288 g/mol. The van der Waals surface area contributed by atoms with E-state index >= 15 is 0 Å². The lowest BCUT2D eigenvalue weighted by Gasteiger charge is -2.28. The van der Waals surface area contributed by atoms with Crippen LogP contribution >= 0.6 is 0 Å². The zero-order valence-electron chi connectivity index (χ0n) is 13.1. The Kier molecular flexibility index (Phi) is 4.34. The molecule has 4 N–H and O–H groups in total. The van der Waals surface area contributed by atoms with Crippen molar-refractivity contribution in [2.45, 2.75) is 19.4 Å². The molecule has 114 valence electrons. The summed E-state index contributed by atoms with van der Waals surface area (Å²) in [6.07, 6.45) is 1.79. The molecule has 0 fully saturated rings. The molecule has 2 aromatic rings. The van der Waals surface area contributed by atoms with Crippen molar-refractivity contribution in [1.82, 2.24) is 9.88 Å². The monoisotopic (exact) mass is 288 g/mol. The van der Waals surface area contributed by atoms with E-state index in [4.69, 9.17) is 5.73 Å². The standard InChI is InChI=1S/C16H24N4O/c1-11-7-12-13(8-18-11)14(17)5-6-15(12)19-9-16(2,21)10-20(3)4/h5-8,19,21H,9-10,17H2,1-4H3. The molecule has 1 heterocycles. The topological polar surface area (TPSA) is 74.4 Å². The lowest BCUT2D eigenvalue weighted by Crippen LogP contribution is -2.43. The SMILES string of the molecule is Cc1cc2c(NCC(C)(O)CN(C)C)ccc(N)c2cn1. The van der Waals surface area contributed by atoms with E-state index in [1.54, 1.807) is 6.20 Å². The lowest BCUT2D eigenvalue weighted by molar-refractivity contribution is 0.0460. The van der Waals surface area contributed by atoms with Crippen LogP contribution in [0.25, 0.3) is 10.8 Å². The third kappa shape index (κ3) is 3.83. The predicted octanol–water partition coefficient (Wildman–Crippen LogP) is 1.85. The second kappa shape index (κ2) is 5.87. The van der Waals surface area contributed by atoms with Crippen LogP contribution in [0.1, 0.15) is 12.6 Å². The number of hydrogen-bond acceptors (Lipinski definition) is 5. The van der Waals surface area contributed by atoms with Gasteiger partial charge in [0.1, 0.15) is 0 Å². The van der Waals surface area contributed by atoms with E-state index in [2.05, 4.69) is 10.3 Å². The van der Waals surface area contributed by atoms with Gasteiger partial charge in [-0.1, -0.05) is 0 Å². The van der Waals surface area contributed by atoms with Gasteiger partial charge in [0.2, 0.25) is 0 Å². The summed E-state index contributed by atoms with van der Waals surface area (Å²) in [5.41, 5.74) is 7.81. The van der Waals surface area contributed by atoms with E-state index in [0.29, 0.717) is 18.8 Å². The molecule has 0 radical (unpaired) electrons. The summed E-state index contributed by atoms with van der Waals surface area (Å²) in [7, 11) is 3.89. The Hall–Kier alpha value is -1.85. The molecular formula is C16H24N4O. The second-order valence-electron chi connectivity index (χ2n) is 6.16. The number of likely N-dealkylation sites (N-methyl/N-ethyl adjacent to an activating group) is 1. The Morgan fingerprint density at radius 2 is 2.05 bits per heavy atom. The van der Waals surface area contributed by atoms with Gasteiger partial charge in [0.25, 0.3) is 0 Å². The fraction of sp³-hybridized carbons (Fsp3) is 0.438. The molecule has 0 saturated heterocycles. The fourth-order valence-electron chi connectivity index (χ4n) is 2.54. The van der Waals surface area contributed by atoms with Gasteiger partial charge in [0.15, 0.2) is 0 Å². The van der Waals surface area contributed by atoms with E-state index in [1.165, 1.54) is 0 Å². The number of nitrogens with one attached hydrogen (secondary N) is 1. The van der Waals surface area contributed by atoms with Crippen LogP contribution in [0.15, 0.2) is 24.4 Å². The van der Waals surface area contributed by atoms with Crippen LogP contribution in [0.5, 0.6) is 0 Å². The zero-order chi connectivity index (χ0) is 15.6. The number of rotatable bonds is 5. The Morgan fingerprint density at radius 1 is 1.33 bits per heavy atom. The van der Waals surface area contributed by atoms with Gasteiger partial charge < -0.3 is 21.1 Å². The number of benzene rings is 1. The smallest absolute Gasteiger partial charge is 0.0917 e. The van der Waals surface area contributed by atoms with E-state index in [0.717, 1.165) is 22.2 Å². The van der Waals surface area contributed by atoms with Gasteiger partial charge in [-0.3, -0.25) is 4.98 Å². The van der Waals surface area contributed by atoms with E-state index in [9.17, 15) is 5.11 Å². The minimum atomic E-state index is -0.806. The Balaban J connectivity index is 2.27. The molecule has 1 aromatic heterocycles. The summed E-state index contributed by atoms with van der Waals surface area (Å²) in [4.78, 5) is 6.26. The molecular weight excluding hydrogens is 264 g/mol. The van der Waals surface area contributed by atoms with Crippen LogP contribution < -0.4 is 11.1 Å². The molecule has 5 nitrogen and oxygen atoms in total. The van der Waals surface area contributed by atoms with Gasteiger partial charge in [0, 0.05) is 47.1 Å². The Labute approximate surface area is 125 Å². The van der Waals surface area contributed by atoms with Crippen molar-refractivity contribution in [2.75, 3.05) is 38.2 Å². The van der Waals surface area contributed by atoms with Crippen LogP contribution in [-0.4, -0.2) is 47.8 Å². The highest BCUT2D eigenvalue weighted by molar-refractivity contribution is 6.00. The maximum absolute atomic E-state index is 10.4. The van der Waals surface area contributed by atoms with Gasteiger partial charge in [-0.25, -0.2) is 0 Å². The first kappa shape index (κ1) is 15.5. The summed E-state index contributed by atoms with van der Waals surface area (Å²) in [6.45, 7) is 4.83. The van der Waals surface area contributed by atoms with Crippen LogP contribution in [-0.2, 0) is 0 Å². The van der Waals surface area contributed by atoms with Gasteiger partial charge in [-0.05, 0) is 46.1 Å². The molecule has 0 amide bonds. The maximum Gasteiger partial charge on any atom is 0.0917 e. The number of aromatic nitrogens is 1. The highest BCUT2D eigenvalue weighted by atomic mass is 16.3. The highest BCUT2D eigenvalue weighted by Crippen LogP contribution is 2.28. The minimum Gasteiger partial charge on any atom is -0.398 e.